The Morgan fingerprint density at radius 1 is 1.33 bits per heavy atom. The van der Waals surface area contributed by atoms with Crippen LogP contribution in [0.15, 0.2) is 12.7 Å². The zero-order chi connectivity index (χ0) is 15.0. The first kappa shape index (κ1) is 14.1. The summed E-state index contributed by atoms with van der Waals surface area (Å²) in [6.45, 7) is -0.0572. The molecule has 21 heavy (non-hydrogen) atoms. The van der Waals surface area contributed by atoms with Gasteiger partial charge in [0, 0.05) is 13.0 Å². The number of aliphatic hydroxyl groups excluding tert-OH is 3. The van der Waals surface area contributed by atoms with Crippen molar-refractivity contribution in [1.82, 2.24) is 19.1 Å². The van der Waals surface area contributed by atoms with Crippen LogP contribution in [0.2, 0.25) is 0 Å². The third-order valence-electron chi connectivity index (χ3n) is 3.63. The van der Waals surface area contributed by atoms with Gasteiger partial charge in [0.1, 0.15) is 17.8 Å². The molecular weight excluding hydrogens is 278 g/mol. The van der Waals surface area contributed by atoms with E-state index in [9.17, 15) is 5.11 Å². The molecule has 2 aromatic heterocycles. The van der Waals surface area contributed by atoms with Crippen LogP contribution in [-0.4, -0.2) is 59.8 Å². The van der Waals surface area contributed by atoms with Crippen molar-refractivity contribution in [2.75, 3.05) is 13.2 Å². The Morgan fingerprint density at radius 2 is 2.14 bits per heavy atom. The van der Waals surface area contributed by atoms with E-state index in [-0.39, 0.29) is 25.2 Å². The van der Waals surface area contributed by atoms with Gasteiger partial charge in [-0.3, -0.25) is 9.98 Å². The van der Waals surface area contributed by atoms with Gasteiger partial charge in [-0.25, -0.2) is 9.97 Å². The maximum atomic E-state index is 9.79. The maximum Gasteiger partial charge on any atom is 0.167 e. The number of imidazole rings is 1. The number of ether oxygens (including phenoxy) is 1. The van der Waals surface area contributed by atoms with E-state index in [1.165, 1.54) is 17.2 Å². The van der Waals surface area contributed by atoms with E-state index in [0.717, 1.165) is 0 Å². The number of aliphatic hydroxyl groups is 3. The second-order valence-electron chi connectivity index (χ2n) is 4.95. The lowest BCUT2D eigenvalue weighted by Gasteiger charge is -2.13. The summed E-state index contributed by atoms with van der Waals surface area (Å²) in [4.78, 5) is 8.42. The average Bonchev–Trinajstić information content (AvgIpc) is 3.05. The van der Waals surface area contributed by atoms with Crippen LogP contribution in [0.25, 0.3) is 11.2 Å². The molecule has 1 saturated heterocycles. The highest BCUT2D eigenvalue weighted by Gasteiger charge is 2.35. The van der Waals surface area contributed by atoms with Gasteiger partial charge in [0.2, 0.25) is 0 Å². The molecule has 1 aliphatic heterocycles. The van der Waals surface area contributed by atoms with Crippen LogP contribution in [0.1, 0.15) is 12.6 Å². The van der Waals surface area contributed by atoms with Crippen LogP contribution >= 0.6 is 0 Å². The first-order valence-corrected chi connectivity index (χ1v) is 6.67. The largest absolute Gasteiger partial charge is 0.395 e. The van der Waals surface area contributed by atoms with E-state index >= 15 is 0 Å². The first-order chi connectivity index (χ1) is 10.2. The number of hydrogen-bond acceptors (Lipinski definition) is 7. The van der Waals surface area contributed by atoms with Crippen LogP contribution in [0.4, 0.5) is 0 Å². The Hall–Kier alpha value is -1.81. The molecule has 0 aliphatic carbocycles. The summed E-state index contributed by atoms with van der Waals surface area (Å²) in [6.07, 6.45) is 1.48. The van der Waals surface area contributed by atoms with Gasteiger partial charge in [0.05, 0.1) is 32.0 Å². The third kappa shape index (κ3) is 2.33. The summed E-state index contributed by atoms with van der Waals surface area (Å²) in [7, 11) is 0. The highest BCUT2D eigenvalue weighted by Crippen LogP contribution is 2.29. The van der Waals surface area contributed by atoms with E-state index in [0.29, 0.717) is 17.6 Å². The van der Waals surface area contributed by atoms with Gasteiger partial charge in [0.15, 0.2) is 11.1 Å². The van der Waals surface area contributed by atoms with Crippen LogP contribution in [-0.2, 0) is 11.3 Å². The molecule has 0 amide bonds. The van der Waals surface area contributed by atoms with Gasteiger partial charge in [0.25, 0.3) is 0 Å². The summed E-state index contributed by atoms with van der Waals surface area (Å²) >= 11 is 0. The summed E-state index contributed by atoms with van der Waals surface area (Å²) in [6, 6.07) is 0. The summed E-state index contributed by atoms with van der Waals surface area (Å²) in [5.41, 5.74) is 1.03. The monoisotopic (exact) mass is 295 g/mol. The molecule has 0 radical (unpaired) electrons. The van der Waals surface area contributed by atoms with Crippen molar-refractivity contribution in [3.8, 4) is 0 Å². The third-order valence-corrected chi connectivity index (χ3v) is 3.63. The van der Waals surface area contributed by atoms with E-state index in [1.54, 1.807) is 4.57 Å². The molecular formula is C12H17N5O4. The maximum absolute atomic E-state index is 9.79. The zero-order valence-electron chi connectivity index (χ0n) is 11.3. The van der Waals surface area contributed by atoms with E-state index < -0.39 is 18.4 Å². The van der Waals surface area contributed by atoms with Gasteiger partial charge in [-0.1, -0.05) is 0 Å². The Labute approximate surface area is 119 Å². The minimum atomic E-state index is -0.740. The molecule has 3 heterocycles. The Kier molecular flexibility index (Phi) is 3.72. The number of fused-ring (bicyclic) bond motifs is 1. The average molecular weight is 295 g/mol. The van der Waals surface area contributed by atoms with Crippen LogP contribution in [0.5, 0.6) is 0 Å². The van der Waals surface area contributed by atoms with Crippen molar-refractivity contribution in [3.05, 3.63) is 18.1 Å². The smallest absolute Gasteiger partial charge is 0.167 e. The zero-order valence-corrected chi connectivity index (χ0v) is 11.3. The molecule has 0 spiro atoms. The second kappa shape index (κ2) is 5.53. The Morgan fingerprint density at radius 3 is 2.81 bits per heavy atom. The SMILES string of the molecule is N=c1c2ncn([C@@H]3C[C@H](O)[C@H](CO)O3)c2ncn1CCO. The topological polar surface area (TPSA) is 129 Å². The molecule has 114 valence electrons. The lowest BCUT2D eigenvalue weighted by atomic mass is 10.2. The van der Waals surface area contributed by atoms with Crippen molar-refractivity contribution in [3.63, 3.8) is 0 Å². The molecule has 4 N–H and O–H groups in total. The summed E-state index contributed by atoms with van der Waals surface area (Å²) < 4.78 is 8.72. The fourth-order valence-electron chi connectivity index (χ4n) is 2.51. The van der Waals surface area contributed by atoms with Gasteiger partial charge in [-0.05, 0) is 0 Å². The van der Waals surface area contributed by atoms with Gasteiger partial charge in [-0.2, -0.15) is 0 Å². The lowest BCUT2D eigenvalue weighted by molar-refractivity contribution is -0.0432. The molecule has 0 saturated carbocycles. The van der Waals surface area contributed by atoms with Crippen LogP contribution < -0.4 is 5.49 Å². The van der Waals surface area contributed by atoms with Gasteiger partial charge < -0.3 is 24.6 Å². The molecule has 1 fully saturated rings. The van der Waals surface area contributed by atoms with Gasteiger partial charge in [-0.15, -0.1) is 0 Å². The first-order valence-electron chi connectivity index (χ1n) is 6.67. The predicted molar refractivity (Wildman–Crippen MR) is 70.1 cm³/mol. The minimum absolute atomic E-state index is 0.0828. The second-order valence-corrected chi connectivity index (χ2v) is 4.95. The van der Waals surface area contributed by atoms with Crippen LogP contribution in [0.3, 0.4) is 0 Å². The minimum Gasteiger partial charge on any atom is -0.395 e. The molecule has 9 heteroatoms. The van der Waals surface area contributed by atoms with E-state index in [4.69, 9.17) is 20.4 Å². The Balaban J connectivity index is 1.98. The Bertz CT molecular complexity index is 697. The molecule has 3 atom stereocenters. The van der Waals surface area contributed by atoms with Crippen molar-refractivity contribution in [2.45, 2.75) is 31.4 Å². The van der Waals surface area contributed by atoms with E-state index in [2.05, 4.69) is 9.97 Å². The lowest BCUT2D eigenvalue weighted by Crippen LogP contribution is -2.24. The molecule has 0 aromatic carbocycles. The van der Waals surface area contributed by atoms with Crippen molar-refractivity contribution in [1.29, 1.82) is 5.41 Å². The molecule has 0 unspecified atom stereocenters. The standard InChI is InChI=1S/C12H17N5O4/c13-11-10-12(15-5-16(11)1-2-18)17(6-14-10)9-3-7(20)8(4-19)21-9/h5-9,13,18-20H,1-4H2/t7-,8-,9-/m0/s1. The number of nitrogens with zero attached hydrogens (tertiary/aromatic N) is 4. The van der Waals surface area contributed by atoms with Crippen LogP contribution in [0, 0.1) is 5.41 Å². The number of nitrogens with one attached hydrogen (secondary N) is 1. The van der Waals surface area contributed by atoms with Crippen molar-refractivity contribution < 1.29 is 20.1 Å². The normalized spacial score (nSPS) is 25.8. The van der Waals surface area contributed by atoms with E-state index in [1.807, 2.05) is 0 Å². The molecule has 3 rings (SSSR count). The number of aromatic nitrogens is 4. The number of hydrogen-bond donors (Lipinski definition) is 4. The molecule has 0 bridgehead atoms. The van der Waals surface area contributed by atoms with Crippen molar-refractivity contribution >= 4 is 11.2 Å². The molecule has 1 aliphatic rings. The summed E-state index contributed by atoms with van der Waals surface area (Å²) in [5.74, 6) is 0. The number of rotatable bonds is 4. The fourth-order valence-corrected chi connectivity index (χ4v) is 2.51. The highest BCUT2D eigenvalue weighted by molar-refractivity contribution is 5.68. The van der Waals surface area contributed by atoms with Gasteiger partial charge >= 0.3 is 0 Å². The predicted octanol–water partition coefficient (Wildman–Crippen LogP) is -1.65. The summed E-state index contributed by atoms with van der Waals surface area (Å²) in [5, 5.41) is 35.9. The highest BCUT2D eigenvalue weighted by atomic mass is 16.5. The van der Waals surface area contributed by atoms with Crippen molar-refractivity contribution in [2.24, 2.45) is 0 Å². The fraction of sp³-hybridized carbons (Fsp3) is 0.583. The molecule has 2 aromatic rings. The quantitative estimate of drug-likeness (QED) is 0.534. The molecule has 9 nitrogen and oxygen atoms in total.